The fourth-order valence-electron chi connectivity index (χ4n) is 1.79. The van der Waals surface area contributed by atoms with Crippen molar-refractivity contribution < 1.29 is 5.11 Å². The van der Waals surface area contributed by atoms with Crippen molar-refractivity contribution in [1.82, 2.24) is 4.90 Å². The maximum Gasteiger partial charge on any atom is 0.0746 e. The molecular weight excluding hydrogens is 162 g/mol. The number of piperidine rings is 1. The molecule has 0 amide bonds. The Hall–Kier alpha value is -0.340. The molecule has 0 aromatic rings. The highest BCUT2D eigenvalue weighted by atomic mass is 16.3. The normalized spacial score (nSPS) is 30.2. The van der Waals surface area contributed by atoms with Crippen LogP contribution in [0.25, 0.3) is 0 Å². The molecule has 1 heterocycles. The predicted octanol–water partition coefficient (Wildman–Crippen LogP) is 1.80. The first-order chi connectivity index (χ1) is 5.99. The fourth-order valence-corrected chi connectivity index (χ4v) is 1.79. The summed E-state index contributed by atoms with van der Waals surface area (Å²) in [5.74, 6) is 0. The number of hydrogen-bond donors (Lipinski definition) is 1. The van der Waals surface area contributed by atoms with E-state index in [-0.39, 0.29) is 0 Å². The van der Waals surface area contributed by atoms with Crippen LogP contribution in [-0.4, -0.2) is 35.2 Å². The van der Waals surface area contributed by atoms with Gasteiger partial charge in [0.05, 0.1) is 5.60 Å². The summed E-state index contributed by atoms with van der Waals surface area (Å²) in [5.41, 5.74) is 0.888. The van der Waals surface area contributed by atoms with Gasteiger partial charge in [-0.25, -0.2) is 0 Å². The molecule has 0 spiro atoms. The van der Waals surface area contributed by atoms with Gasteiger partial charge < -0.3 is 5.11 Å². The molecule has 1 N–H and O–H groups in total. The molecule has 1 aliphatic heterocycles. The average molecular weight is 183 g/mol. The van der Waals surface area contributed by atoms with E-state index in [0.717, 1.165) is 32.5 Å². The highest BCUT2D eigenvalue weighted by Crippen LogP contribution is 2.19. The Morgan fingerprint density at radius 2 is 2.23 bits per heavy atom. The van der Waals surface area contributed by atoms with Crippen LogP contribution in [0, 0.1) is 0 Å². The number of β-amino-alcohol motifs (C(OH)–C–C–N with tert-alkyl or cyclic N) is 1. The lowest BCUT2D eigenvalue weighted by Gasteiger charge is -2.36. The van der Waals surface area contributed by atoms with E-state index in [9.17, 15) is 5.11 Å². The van der Waals surface area contributed by atoms with E-state index >= 15 is 0 Å². The molecule has 1 rings (SSSR count). The van der Waals surface area contributed by atoms with Crippen molar-refractivity contribution in [3.05, 3.63) is 11.6 Å². The molecule has 1 fully saturated rings. The van der Waals surface area contributed by atoms with Crippen LogP contribution in [0.3, 0.4) is 0 Å². The molecule has 1 aliphatic rings. The lowest BCUT2D eigenvalue weighted by atomic mass is 9.95. The number of nitrogens with zero attached hydrogens (tertiary/aromatic N) is 1. The Labute approximate surface area is 81.2 Å². The zero-order valence-corrected chi connectivity index (χ0v) is 9.01. The van der Waals surface area contributed by atoms with Crippen LogP contribution in [0.4, 0.5) is 0 Å². The Morgan fingerprint density at radius 3 is 2.77 bits per heavy atom. The summed E-state index contributed by atoms with van der Waals surface area (Å²) >= 11 is 0. The summed E-state index contributed by atoms with van der Waals surface area (Å²) in [7, 11) is 0. The van der Waals surface area contributed by atoms with Gasteiger partial charge in [-0.3, -0.25) is 4.90 Å². The Balaban J connectivity index is 2.39. The number of aliphatic hydroxyl groups is 1. The Bertz CT molecular complexity index is 192. The van der Waals surface area contributed by atoms with Gasteiger partial charge in [-0.15, -0.1) is 0 Å². The van der Waals surface area contributed by atoms with Gasteiger partial charge in [-0.05, 0) is 40.2 Å². The molecule has 13 heavy (non-hydrogen) atoms. The van der Waals surface area contributed by atoms with Crippen LogP contribution < -0.4 is 0 Å². The van der Waals surface area contributed by atoms with Gasteiger partial charge >= 0.3 is 0 Å². The topological polar surface area (TPSA) is 23.5 Å². The molecule has 1 atom stereocenters. The minimum Gasteiger partial charge on any atom is -0.389 e. The van der Waals surface area contributed by atoms with Crippen molar-refractivity contribution in [1.29, 1.82) is 0 Å². The summed E-state index contributed by atoms with van der Waals surface area (Å²) in [6.45, 7) is 9.08. The third-order valence-electron chi connectivity index (χ3n) is 2.51. The first-order valence-electron chi connectivity index (χ1n) is 5.08. The molecule has 0 radical (unpaired) electrons. The summed E-state index contributed by atoms with van der Waals surface area (Å²) in [6.07, 6.45) is 4.28. The van der Waals surface area contributed by atoms with Crippen molar-refractivity contribution in [2.45, 2.75) is 39.2 Å². The zero-order chi connectivity index (χ0) is 9.90. The highest BCUT2D eigenvalue weighted by molar-refractivity contribution is 4.96. The molecular formula is C11H21NO. The van der Waals surface area contributed by atoms with Crippen molar-refractivity contribution in [3.8, 4) is 0 Å². The fraction of sp³-hybridized carbons (Fsp3) is 0.818. The highest BCUT2D eigenvalue weighted by Gasteiger charge is 2.27. The van der Waals surface area contributed by atoms with Crippen molar-refractivity contribution in [2.75, 3.05) is 19.6 Å². The van der Waals surface area contributed by atoms with Gasteiger partial charge in [0.25, 0.3) is 0 Å². The standard InChI is InChI=1S/C11H21NO/c1-10(2)5-8-12-7-4-6-11(3,13)9-12/h5,13H,4,6-9H2,1-3H3. The van der Waals surface area contributed by atoms with Crippen molar-refractivity contribution in [3.63, 3.8) is 0 Å². The number of rotatable bonds is 2. The molecule has 0 aromatic carbocycles. The van der Waals surface area contributed by atoms with E-state index in [0.29, 0.717) is 0 Å². The molecule has 1 unspecified atom stereocenters. The van der Waals surface area contributed by atoms with Crippen LogP contribution in [-0.2, 0) is 0 Å². The average Bonchev–Trinajstić information content (AvgIpc) is 1.99. The second-order valence-corrected chi connectivity index (χ2v) is 4.62. The first-order valence-corrected chi connectivity index (χ1v) is 5.08. The Kier molecular flexibility index (Phi) is 3.51. The largest absolute Gasteiger partial charge is 0.389 e. The van der Waals surface area contributed by atoms with Gasteiger partial charge in [0, 0.05) is 13.1 Å². The Morgan fingerprint density at radius 1 is 1.54 bits per heavy atom. The first kappa shape index (κ1) is 10.7. The van der Waals surface area contributed by atoms with Crippen LogP contribution in [0.15, 0.2) is 11.6 Å². The van der Waals surface area contributed by atoms with Crippen LogP contribution in [0.1, 0.15) is 33.6 Å². The predicted molar refractivity (Wildman–Crippen MR) is 55.7 cm³/mol. The summed E-state index contributed by atoms with van der Waals surface area (Å²) in [6, 6.07) is 0. The van der Waals surface area contributed by atoms with E-state index in [1.54, 1.807) is 0 Å². The molecule has 2 heteroatoms. The van der Waals surface area contributed by atoms with E-state index in [1.165, 1.54) is 5.57 Å². The third kappa shape index (κ3) is 3.92. The van der Waals surface area contributed by atoms with Gasteiger partial charge in [0.1, 0.15) is 0 Å². The van der Waals surface area contributed by atoms with Gasteiger partial charge in [-0.1, -0.05) is 11.6 Å². The van der Waals surface area contributed by atoms with Gasteiger partial charge in [-0.2, -0.15) is 0 Å². The minimum absolute atomic E-state index is 0.465. The number of hydrogen-bond acceptors (Lipinski definition) is 2. The van der Waals surface area contributed by atoms with Crippen molar-refractivity contribution in [2.24, 2.45) is 0 Å². The second-order valence-electron chi connectivity index (χ2n) is 4.62. The maximum absolute atomic E-state index is 9.85. The number of likely N-dealkylation sites (tertiary alicyclic amines) is 1. The summed E-state index contributed by atoms with van der Waals surface area (Å²) in [4.78, 5) is 2.32. The van der Waals surface area contributed by atoms with Crippen molar-refractivity contribution >= 4 is 0 Å². The van der Waals surface area contributed by atoms with Crippen LogP contribution in [0.5, 0.6) is 0 Å². The quantitative estimate of drug-likeness (QED) is 0.660. The van der Waals surface area contributed by atoms with Crippen LogP contribution in [0.2, 0.25) is 0 Å². The van der Waals surface area contributed by atoms with E-state index < -0.39 is 5.60 Å². The van der Waals surface area contributed by atoms with E-state index in [2.05, 4.69) is 24.8 Å². The third-order valence-corrected chi connectivity index (χ3v) is 2.51. The maximum atomic E-state index is 9.85. The molecule has 0 aliphatic carbocycles. The summed E-state index contributed by atoms with van der Waals surface area (Å²) < 4.78 is 0. The monoisotopic (exact) mass is 183 g/mol. The van der Waals surface area contributed by atoms with Crippen LogP contribution >= 0.6 is 0 Å². The lowest BCUT2D eigenvalue weighted by Crippen LogP contribution is -2.46. The SMILES string of the molecule is CC(C)=CCN1CCCC(C)(O)C1. The molecule has 1 saturated heterocycles. The number of allylic oxidation sites excluding steroid dienone is 1. The minimum atomic E-state index is -0.465. The zero-order valence-electron chi connectivity index (χ0n) is 9.01. The lowest BCUT2D eigenvalue weighted by molar-refractivity contribution is -0.0117. The van der Waals surface area contributed by atoms with Gasteiger partial charge in [0.2, 0.25) is 0 Å². The second kappa shape index (κ2) is 4.25. The smallest absolute Gasteiger partial charge is 0.0746 e. The van der Waals surface area contributed by atoms with Gasteiger partial charge in [0.15, 0.2) is 0 Å². The molecule has 2 nitrogen and oxygen atoms in total. The molecule has 76 valence electrons. The van der Waals surface area contributed by atoms with E-state index in [4.69, 9.17) is 0 Å². The molecule has 0 aromatic heterocycles. The molecule has 0 bridgehead atoms. The summed E-state index contributed by atoms with van der Waals surface area (Å²) in [5, 5.41) is 9.85. The van der Waals surface area contributed by atoms with E-state index in [1.807, 2.05) is 6.92 Å². The molecule has 0 saturated carbocycles.